The van der Waals surface area contributed by atoms with Crippen molar-refractivity contribution in [2.75, 3.05) is 13.1 Å². The van der Waals surface area contributed by atoms with Gasteiger partial charge in [-0.1, -0.05) is 48.0 Å². The molecule has 2 unspecified atom stereocenters. The van der Waals surface area contributed by atoms with Gasteiger partial charge >= 0.3 is 0 Å². The van der Waals surface area contributed by atoms with Crippen LogP contribution >= 0.6 is 11.6 Å². The maximum absolute atomic E-state index is 12.8. The Kier molecular flexibility index (Phi) is 6.19. The van der Waals surface area contributed by atoms with Gasteiger partial charge in [0.2, 0.25) is 15.9 Å². The number of hydrogen-bond acceptors (Lipinski definition) is 3. The van der Waals surface area contributed by atoms with E-state index in [9.17, 15) is 13.2 Å². The third-order valence-corrected chi connectivity index (χ3v) is 7.09. The van der Waals surface area contributed by atoms with E-state index in [0.717, 1.165) is 5.56 Å². The molecule has 0 aromatic heterocycles. The Hall–Kier alpha value is -1.89. The van der Waals surface area contributed by atoms with Crippen LogP contribution in [0.25, 0.3) is 0 Å². The second kappa shape index (κ2) is 8.42. The molecule has 2 atom stereocenters. The lowest BCUT2D eigenvalue weighted by Gasteiger charge is -2.32. The van der Waals surface area contributed by atoms with E-state index in [2.05, 4.69) is 5.32 Å². The topological polar surface area (TPSA) is 66.5 Å². The molecule has 1 amide bonds. The third kappa shape index (κ3) is 4.51. The maximum atomic E-state index is 12.8. The summed E-state index contributed by atoms with van der Waals surface area (Å²) in [5.41, 5.74) is 0.845. The zero-order valence-electron chi connectivity index (χ0n) is 15.1. The van der Waals surface area contributed by atoms with E-state index in [0.29, 0.717) is 24.4 Å². The van der Waals surface area contributed by atoms with Gasteiger partial charge in [-0.2, -0.15) is 4.31 Å². The molecular weight excluding hydrogens is 384 g/mol. The Labute approximate surface area is 165 Å². The van der Waals surface area contributed by atoms with Crippen molar-refractivity contribution >= 4 is 27.5 Å². The van der Waals surface area contributed by atoms with Crippen LogP contribution in [-0.2, 0) is 14.8 Å². The number of amides is 1. The van der Waals surface area contributed by atoms with E-state index < -0.39 is 10.0 Å². The van der Waals surface area contributed by atoms with Crippen LogP contribution < -0.4 is 5.32 Å². The summed E-state index contributed by atoms with van der Waals surface area (Å²) in [6.45, 7) is 2.50. The number of nitrogens with zero attached hydrogens (tertiary/aromatic N) is 1. The Morgan fingerprint density at radius 2 is 1.81 bits per heavy atom. The quantitative estimate of drug-likeness (QED) is 0.824. The Balaban J connectivity index is 1.69. The second-order valence-corrected chi connectivity index (χ2v) is 9.11. The fraction of sp³-hybridized carbons (Fsp3) is 0.350. The molecule has 1 fully saturated rings. The second-order valence-electron chi connectivity index (χ2n) is 6.77. The number of piperidine rings is 1. The van der Waals surface area contributed by atoms with Crippen LogP contribution in [-0.4, -0.2) is 31.7 Å². The van der Waals surface area contributed by atoms with Crippen molar-refractivity contribution in [2.45, 2.75) is 30.7 Å². The van der Waals surface area contributed by atoms with Crippen molar-refractivity contribution in [2.24, 2.45) is 5.92 Å². The lowest BCUT2D eigenvalue weighted by molar-refractivity contribution is -0.126. The predicted molar refractivity (Wildman–Crippen MR) is 106 cm³/mol. The van der Waals surface area contributed by atoms with Crippen molar-refractivity contribution in [3.8, 4) is 0 Å². The van der Waals surface area contributed by atoms with E-state index in [1.165, 1.54) is 4.31 Å². The van der Waals surface area contributed by atoms with Gasteiger partial charge < -0.3 is 5.32 Å². The number of carbonyl (C=O) groups is 1. The minimum absolute atomic E-state index is 0.143. The summed E-state index contributed by atoms with van der Waals surface area (Å²) in [5.74, 6) is -0.516. The van der Waals surface area contributed by atoms with Gasteiger partial charge in [-0.3, -0.25) is 4.79 Å². The number of sulfonamides is 1. The van der Waals surface area contributed by atoms with Crippen LogP contribution in [0.5, 0.6) is 0 Å². The number of hydrogen-bond donors (Lipinski definition) is 1. The smallest absolute Gasteiger partial charge is 0.243 e. The standard InChI is InChI=1S/C20H23ClN2O3S/c1-15(18-11-5-6-12-19(18)21)22-20(24)16-8-7-13-23(14-16)27(25,26)17-9-3-2-4-10-17/h2-6,9-12,15-16H,7-8,13-14H2,1H3,(H,22,24). The molecule has 1 aliphatic heterocycles. The van der Waals surface area contributed by atoms with E-state index >= 15 is 0 Å². The maximum Gasteiger partial charge on any atom is 0.243 e. The Morgan fingerprint density at radius 1 is 1.15 bits per heavy atom. The SMILES string of the molecule is CC(NC(=O)C1CCCN(S(=O)(=O)c2ccccc2)C1)c1ccccc1Cl. The van der Waals surface area contributed by atoms with Crippen molar-refractivity contribution < 1.29 is 13.2 Å². The Bertz CT molecular complexity index is 902. The molecule has 1 heterocycles. The fourth-order valence-electron chi connectivity index (χ4n) is 3.35. The normalized spacial score (nSPS) is 19.4. The number of rotatable bonds is 5. The number of nitrogens with one attached hydrogen (secondary N) is 1. The molecule has 2 aromatic rings. The molecule has 0 radical (unpaired) electrons. The summed E-state index contributed by atoms with van der Waals surface area (Å²) < 4.78 is 27.1. The lowest BCUT2D eigenvalue weighted by Crippen LogP contribution is -2.45. The minimum Gasteiger partial charge on any atom is -0.349 e. The first-order chi connectivity index (χ1) is 12.9. The molecule has 0 aliphatic carbocycles. The molecule has 144 valence electrons. The summed E-state index contributed by atoms with van der Waals surface area (Å²) in [7, 11) is -3.58. The number of halogens is 1. The van der Waals surface area contributed by atoms with Crippen LogP contribution in [0.2, 0.25) is 5.02 Å². The van der Waals surface area contributed by atoms with Gasteiger partial charge in [0.15, 0.2) is 0 Å². The van der Waals surface area contributed by atoms with Crippen LogP contribution in [0.15, 0.2) is 59.5 Å². The van der Waals surface area contributed by atoms with Crippen molar-refractivity contribution in [1.82, 2.24) is 9.62 Å². The highest BCUT2D eigenvalue weighted by Gasteiger charge is 2.33. The van der Waals surface area contributed by atoms with Crippen LogP contribution in [0.1, 0.15) is 31.4 Å². The average molecular weight is 407 g/mol. The first kappa shape index (κ1) is 19.9. The van der Waals surface area contributed by atoms with Crippen LogP contribution in [0, 0.1) is 5.92 Å². The van der Waals surface area contributed by atoms with E-state index in [4.69, 9.17) is 11.6 Å². The zero-order chi connectivity index (χ0) is 19.4. The summed E-state index contributed by atoms with van der Waals surface area (Å²) in [6, 6.07) is 15.5. The fourth-order valence-corrected chi connectivity index (χ4v) is 5.20. The predicted octanol–water partition coefficient (Wildman–Crippen LogP) is 3.62. The molecule has 1 aliphatic rings. The largest absolute Gasteiger partial charge is 0.349 e. The lowest BCUT2D eigenvalue weighted by atomic mass is 9.98. The molecule has 0 spiro atoms. The molecule has 7 heteroatoms. The number of benzene rings is 2. The van der Waals surface area contributed by atoms with Gasteiger partial charge in [-0.15, -0.1) is 0 Å². The summed E-state index contributed by atoms with van der Waals surface area (Å²) in [6.07, 6.45) is 1.33. The van der Waals surface area contributed by atoms with Gasteiger partial charge in [0, 0.05) is 18.1 Å². The molecule has 1 N–H and O–H groups in total. The first-order valence-corrected chi connectivity index (χ1v) is 10.8. The minimum atomic E-state index is -3.58. The Morgan fingerprint density at radius 3 is 2.52 bits per heavy atom. The van der Waals surface area contributed by atoms with Crippen molar-refractivity contribution in [3.63, 3.8) is 0 Å². The van der Waals surface area contributed by atoms with E-state index in [1.807, 2.05) is 25.1 Å². The van der Waals surface area contributed by atoms with Gasteiger partial charge in [0.05, 0.1) is 16.9 Å². The van der Waals surface area contributed by atoms with Crippen LogP contribution in [0.3, 0.4) is 0 Å². The third-order valence-electron chi connectivity index (χ3n) is 4.87. The zero-order valence-corrected chi connectivity index (χ0v) is 16.7. The molecule has 5 nitrogen and oxygen atoms in total. The molecule has 0 bridgehead atoms. The summed E-state index contributed by atoms with van der Waals surface area (Å²) >= 11 is 6.20. The summed E-state index contributed by atoms with van der Waals surface area (Å²) in [4.78, 5) is 13.0. The van der Waals surface area contributed by atoms with E-state index in [-0.39, 0.29) is 29.3 Å². The molecule has 0 saturated carbocycles. The average Bonchev–Trinajstić information content (AvgIpc) is 2.69. The summed E-state index contributed by atoms with van der Waals surface area (Å²) in [5, 5.41) is 3.57. The molecule has 2 aromatic carbocycles. The van der Waals surface area contributed by atoms with Gasteiger partial charge in [-0.05, 0) is 43.5 Å². The van der Waals surface area contributed by atoms with Crippen molar-refractivity contribution in [3.05, 3.63) is 65.2 Å². The molecule has 3 rings (SSSR count). The highest BCUT2D eigenvalue weighted by atomic mass is 35.5. The number of carbonyl (C=O) groups excluding carboxylic acids is 1. The molecule has 27 heavy (non-hydrogen) atoms. The first-order valence-electron chi connectivity index (χ1n) is 8.99. The van der Waals surface area contributed by atoms with E-state index in [1.54, 1.807) is 36.4 Å². The van der Waals surface area contributed by atoms with Gasteiger partial charge in [0.1, 0.15) is 0 Å². The van der Waals surface area contributed by atoms with Crippen molar-refractivity contribution in [1.29, 1.82) is 0 Å². The van der Waals surface area contributed by atoms with Gasteiger partial charge in [-0.25, -0.2) is 8.42 Å². The van der Waals surface area contributed by atoms with Gasteiger partial charge in [0.25, 0.3) is 0 Å². The molecule has 1 saturated heterocycles. The van der Waals surface area contributed by atoms with Crippen LogP contribution in [0.4, 0.5) is 0 Å². The molecular formula is C20H23ClN2O3S. The highest BCUT2D eigenvalue weighted by Crippen LogP contribution is 2.26. The monoisotopic (exact) mass is 406 g/mol. The highest BCUT2D eigenvalue weighted by molar-refractivity contribution is 7.89.